The Balaban J connectivity index is 2.04. The maximum atomic E-state index is 12.2. The summed E-state index contributed by atoms with van der Waals surface area (Å²) in [6, 6.07) is 1.93. The molecule has 0 saturated carbocycles. The van der Waals surface area contributed by atoms with Gasteiger partial charge in [0.25, 0.3) is 10.0 Å². The minimum atomic E-state index is -3.42. The van der Waals surface area contributed by atoms with Crippen LogP contribution in [0, 0.1) is 5.41 Å². The van der Waals surface area contributed by atoms with E-state index in [4.69, 9.17) is 0 Å². The van der Waals surface area contributed by atoms with Gasteiger partial charge >= 0.3 is 0 Å². The zero-order chi connectivity index (χ0) is 14.1. The van der Waals surface area contributed by atoms with Gasteiger partial charge in [0.15, 0.2) is 0 Å². The summed E-state index contributed by atoms with van der Waals surface area (Å²) < 4.78 is 28.1. The lowest BCUT2D eigenvalue weighted by molar-refractivity contribution is 0.182. The van der Waals surface area contributed by atoms with E-state index in [2.05, 4.69) is 39.8 Å². The molecule has 0 bridgehead atoms. The number of hydrogen-bond acceptors (Lipinski definition) is 4. The Labute approximate surface area is 127 Å². The van der Waals surface area contributed by atoms with Crippen LogP contribution in [0.1, 0.15) is 26.7 Å². The molecule has 1 aromatic rings. The number of nitrogens with one attached hydrogen (secondary N) is 2. The molecule has 0 spiro atoms. The predicted molar refractivity (Wildman–Crippen MR) is 82.0 cm³/mol. The van der Waals surface area contributed by atoms with Crippen LogP contribution in [-0.2, 0) is 10.0 Å². The van der Waals surface area contributed by atoms with Gasteiger partial charge in [-0.15, -0.1) is 11.3 Å². The topological polar surface area (TPSA) is 58.2 Å². The first-order chi connectivity index (χ1) is 8.83. The molecule has 1 aliphatic heterocycles. The van der Waals surface area contributed by atoms with Crippen LogP contribution in [0.3, 0.4) is 0 Å². The molecule has 4 nitrogen and oxygen atoms in total. The summed E-state index contributed by atoms with van der Waals surface area (Å²) >= 11 is 4.49. The van der Waals surface area contributed by atoms with E-state index < -0.39 is 10.0 Å². The highest BCUT2D eigenvalue weighted by atomic mass is 79.9. The summed E-state index contributed by atoms with van der Waals surface area (Å²) in [6.45, 7) is 5.75. The highest BCUT2D eigenvalue weighted by Crippen LogP contribution is 2.31. The average molecular weight is 367 g/mol. The van der Waals surface area contributed by atoms with E-state index in [1.165, 1.54) is 11.3 Å². The normalized spacial score (nSPS) is 23.4. The van der Waals surface area contributed by atoms with E-state index in [-0.39, 0.29) is 11.5 Å². The maximum absolute atomic E-state index is 12.2. The van der Waals surface area contributed by atoms with Crippen molar-refractivity contribution in [2.45, 2.75) is 36.9 Å². The van der Waals surface area contributed by atoms with Crippen molar-refractivity contribution < 1.29 is 8.42 Å². The van der Waals surface area contributed by atoms with Crippen LogP contribution in [-0.4, -0.2) is 27.5 Å². The van der Waals surface area contributed by atoms with Gasteiger partial charge in [-0.3, -0.25) is 0 Å². The molecule has 7 heteroatoms. The average Bonchev–Trinajstić information content (AvgIpc) is 2.74. The predicted octanol–water partition coefficient (Wildman–Crippen LogP) is 2.57. The first-order valence-corrected chi connectivity index (χ1v) is 9.44. The summed E-state index contributed by atoms with van der Waals surface area (Å²) in [5.41, 5.74) is 0.119. The molecule has 0 aliphatic carbocycles. The fourth-order valence-electron chi connectivity index (χ4n) is 2.35. The van der Waals surface area contributed by atoms with Gasteiger partial charge in [-0.05, 0) is 52.2 Å². The van der Waals surface area contributed by atoms with E-state index in [0.29, 0.717) is 15.2 Å². The van der Waals surface area contributed by atoms with Crippen LogP contribution in [0.2, 0.25) is 0 Å². The zero-order valence-corrected chi connectivity index (χ0v) is 14.3. The smallest absolute Gasteiger partial charge is 0.251 e. The van der Waals surface area contributed by atoms with Crippen molar-refractivity contribution in [2.75, 3.05) is 13.1 Å². The van der Waals surface area contributed by atoms with Gasteiger partial charge in [-0.2, -0.15) is 0 Å². The number of sulfonamides is 1. The monoisotopic (exact) mass is 366 g/mol. The third kappa shape index (κ3) is 3.58. The van der Waals surface area contributed by atoms with Crippen molar-refractivity contribution in [1.82, 2.24) is 10.0 Å². The SMILES string of the molecule is CC1(C)CCCNC1CNS(=O)(=O)c1sccc1Br. The van der Waals surface area contributed by atoms with Crippen molar-refractivity contribution >= 4 is 37.3 Å². The Morgan fingerprint density at radius 2 is 2.32 bits per heavy atom. The van der Waals surface area contributed by atoms with Crippen LogP contribution in [0.25, 0.3) is 0 Å². The molecule has 2 heterocycles. The van der Waals surface area contributed by atoms with E-state index in [0.717, 1.165) is 19.4 Å². The second kappa shape index (κ2) is 5.81. The third-order valence-corrected chi connectivity index (χ3v) is 7.73. The number of halogens is 1. The number of hydrogen-bond donors (Lipinski definition) is 2. The van der Waals surface area contributed by atoms with E-state index in [1.807, 2.05) is 0 Å². The molecule has 2 rings (SSSR count). The van der Waals surface area contributed by atoms with E-state index in [9.17, 15) is 8.42 Å². The van der Waals surface area contributed by atoms with Gasteiger partial charge in [0.05, 0.1) is 0 Å². The van der Waals surface area contributed by atoms with Crippen molar-refractivity contribution in [3.63, 3.8) is 0 Å². The van der Waals surface area contributed by atoms with Gasteiger partial charge < -0.3 is 5.32 Å². The molecule has 0 aromatic carbocycles. The van der Waals surface area contributed by atoms with Crippen molar-refractivity contribution in [2.24, 2.45) is 5.41 Å². The highest BCUT2D eigenvalue weighted by molar-refractivity contribution is 9.10. The largest absolute Gasteiger partial charge is 0.312 e. The molecule has 2 N–H and O–H groups in total. The Morgan fingerprint density at radius 1 is 1.58 bits per heavy atom. The highest BCUT2D eigenvalue weighted by Gasteiger charge is 2.33. The van der Waals surface area contributed by atoms with Crippen LogP contribution < -0.4 is 10.0 Å². The van der Waals surface area contributed by atoms with Crippen molar-refractivity contribution in [3.05, 3.63) is 15.9 Å². The van der Waals surface area contributed by atoms with Crippen LogP contribution in [0.4, 0.5) is 0 Å². The molecular formula is C12H19BrN2O2S2. The summed E-state index contributed by atoms with van der Waals surface area (Å²) in [7, 11) is -3.42. The molecule has 0 amide bonds. The van der Waals surface area contributed by atoms with Gasteiger partial charge in [-0.25, -0.2) is 13.1 Å². The van der Waals surface area contributed by atoms with Crippen molar-refractivity contribution in [1.29, 1.82) is 0 Å². The number of thiophene rings is 1. The summed E-state index contributed by atoms with van der Waals surface area (Å²) in [5.74, 6) is 0. The Kier molecular flexibility index (Phi) is 4.72. The lowest BCUT2D eigenvalue weighted by Crippen LogP contribution is -2.52. The maximum Gasteiger partial charge on any atom is 0.251 e. The fraction of sp³-hybridized carbons (Fsp3) is 0.667. The lowest BCUT2D eigenvalue weighted by atomic mass is 9.78. The third-order valence-electron chi connectivity index (χ3n) is 3.64. The van der Waals surface area contributed by atoms with Gasteiger partial charge in [0.2, 0.25) is 0 Å². The van der Waals surface area contributed by atoms with Crippen molar-refractivity contribution in [3.8, 4) is 0 Å². The van der Waals surface area contributed by atoms with Gasteiger partial charge in [0.1, 0.15) is 4.21 Å². The molecule has 1 unspecified atom stereocenters. The standard InChI is InChI=1S/C12H19BrN2O2S2/c1-12(2)5-3-6-14-10(12)8-15-19(16,17)11-9(13)4-7-18-11/h4,7,10,14-15H,3,5-6,8H2,1-2H3. The summed E-state index contributed by atoms with van der Waals surface area (Å²) in [6.07, 6.45) is 2.27. The van der Waals surface area contributed by atoms with Crippen LogP contribution in [0.15, 0.2) is 20.1 Å². The molecule has 108 valence electrons. The zero-order valence-electron chi connectivity index (χ0n) is 11.1. The van der Waals surface area contributed by atoms with E-state index in [1.54, 1.807) is 11.4 Å². The van der Waals surface area contributed by atoms with Gasteiger partial charge in [-0.1, -0.05) is 13.8 Å². The molecular weight excluding hydrogens is 348 g/mol. The second-order valence-corrected chi connectivity index (χ2v) is 9.24. The van der Waals surface area contributed by atoms with Gasteiger partial charge in [0, 0.05) is 17.1 Å². The van der Waals surface area contributed by atoms with Crippen LogP contribution >= 0.6 is 27.3 Å². The first-order valence-electron chi connectivity index (χ1n) is 6.29. The Hall–Kier alpha value is 0.0500. The minimum Gasteiger partial charge on any atom is -0.312 e. The quantitative estimate of drug-likeness (QED) is 0.860. The molecule has 1 aromatic heterocycles. The Morgan fingerprint density at radius 3 is 2.89 bits per heavy atom. The fourth-order valence-corrected chi connectivity index (χ4v) is 5.78. The number of rotatable bonds is 4. The molecule has 1 aliphatic rings. The Bertz CT molecular complexity index is 540. The molecule has 0 radical (unpaired) electrons. The first kappa shape index (κ1) is 15.4. The molecule has 1 fully saturated rings. The second-order valence-electron chi connectivity index (χ2n) is 5.51. The number of piperidine rings is 1. The minimum absolute atomic E-state index is 0.119. The van der Waals surface area contributed by atoms with E-state index >= 15 is 0 Å². The summed E-state index contributed by atoms with van der Waals surface area (Å²) in [5, 5.41) is 5.17. The molecule has 1 saturated heterocycles. The summed E-state index contributed by atoms with van der Waals surface area (Å²) in [4.78, 5) is 0. The molecule has 1 atom stereocenters. The lowest BCUT2D eigenvalue weighted by Gasteiger charge is -2.39. The molecule has 19 heavy (non-hydrogen) atoms. The van der Waals surface area contributed by atoms with Crippen LogP contribution in [0.5, 0.6) is 0 Å².